The molecule has 0 aliphatic rings. The quantitative estimate of drug-likeness (QED) is 0.828. The van der Waals surface area contributed by atoms with Crippen molar-refractivity contribution in [1.82, 2.24) is 0 Å². The van der Waals surface area contributed by atoms with Gasteiger partial charge in [-0.05, 0) is 37.5 Å². The highest BCUT2D eigenvalue weighted by molar-refractivity contribution is 5.88. The predicted molar refractivity (Wildman–Crippen MR) is 65.9 cm³/mol. The lowest BCUT2D eigenvalue weighted by Crippen LogP contribution is -2.18. The first-order valence-electron chi connectivity index (χ1n) is 5.69. The Morgan fingerprint density at radius 2 is 2.06 bits per heavy atom. The lowest BCUT2D eigenvalue weighted by molar-refractivity contribution is 0.0697. The molecule has 3 nitrogen and oxygen atoms in total. The molecule has 0 spiro atoms. The van der Waals surface area contributed by atoms with Gasteiger partial charge in [0.15, 0.2) is 0 Å². The van der Waals surface area contributed by atoms with E-state index in [4.69, 9.17) is 5.11 Å². The number of halogens is 1. The maximum atomic E-state index is 13.5. The second-order valence-electron chi connectivity index (χ2n) is 4.67. The number of carboxylic acid groups (broad SMARTS) is 1. The third kappa shape index (κ3) is 4.06. The molecule has 0 saturated carbocycles. The highest BCUT2D eigenvalue weighted by atomic mass is 19.1. The number of hydrogen-bond donors (Lipinski definition) is 2. The van der Waals surface area contributed by atoms with E-state index in [1.807, 2.05) is 6.92 Å². The molecular formula is C13H18FNO2. The van der Waals surface area contributed by atoms with Crippen LogP contribution in [-0.2, 0) is 0 Å². The van der Waals surface area contributed by atoms with Crippen LogP contribution in [0.3, 0.4) is 0 Å². The fraction of sp³-hybridized carbons (Fsp3) is 0.462. The van der Waals surface area contributed by atoms with Crippen LogP contribution in [0, 0.1) is 11.7 Å². The van der Waals surface area contributed by atoms with Crippen LogP contribution in [0.4, 0.5) is 10.1 Å². The van der Waals surface area contributed by atoms with Gasteiger partial charge in [0.25, 0.3) is 0 Å². The summed E-state index contributed by atoms with van der Waals surface area (Å²) >= 11 is 0. The number of nitrogens with one attached hydrogen (secondary N) is 1. The number of aromatic carboxylic acids is 1. The van der Waals surface area contributed by atoms with Gasteiger partial charge in [-0.25, -0.2) is 9.18 Å². The minimum absolute atomic E-state index is 0.0886. The predicted octanol–water partition coefficient (Wildman–Crippen LogP) is 3.37. The number of hydrogen-bond acceptors (Lipinski definition) is 2. The Morgan fingerprint density at radius 3 is 2.59 bits per heavy atom. The molecular weight excluding hydrogens is 221 g/mol. The number of rotatable bonds is 5. The molecule has 0 saturated heterocycles. The molecule has 17 heavy (non-hydrogen) atoms. The topological polar surface area (TPSA) is 49.3 Å². The monoisotopic (exact) mass is 239 g/mol. The standard InChI is InChI=1S/C13H18FNO2/c1-8(2)6-9(3)15-12-7-10(13(16)17)4-5-11(12)14/h4-5,7-9,15H,6H2,1-3H3,(H,16,17). The van der Waals surface area contributed by atoms with Crippen LogP contribution >= 0.6 is 0 Å². The summed E-state index contributed by atoms with van der Waals surface area (Å²) in [7, 11) is 0. The molecule has 1 aromatic carbocycles. The second-order valence-corrected chi connectivity index (χ2v) is 4.67. The average molecular weight is 239 g/mol. The molecule has 1 unspecified atom stereocenters. The van der Waals surface area contributed by atoms with Gasteiger partial charge in [-0.2, -0.15) is 0 Å². The molecule has 2 N–H and O–H groups in total. The molecule has 0 bridgehead atoms. The van der Waals surface area contributed by atoms with Gasteiger partial charge >= 0.3 is 5.97 Å². The van der Waals surface area contributed by atoms with Crippen LogP contribution in [0.5, 0.6) is 0 Å². The molecule has 1 atom stereocenters. The molecule has 0 fully saturated rings. The van der Waals surface area contributed by atoms with Gasteiger partial charge in [0.1, 0.15) is 5.82 Å². The highest BCUT2D eigenvalue weighted by Crippen LogP contribution is 2.19. The van der Waals surface area contributed by atoms with Crippen molar-refractivity contribution in [3.8, 4) is 0 Å². The van der Waals surface area contributed by atoms with Crippen molar-refractivity contribution in [2.24, 2.45) is 5.92 Å². The smallest absolute Gasteiger partial charge is 0.335 e. The molecule has 0 aromatic heterocycles. The van der Waals surface area contributed by atoms with Crippen LogP contribution in [0.25, 0.3) is 0 Å². The second kappa shape index (κ2) is 5.66. The van der Waals surface area contributed by atoms with Gasteiger partial charge in [0.05, 0.1) is 11.3 Å². The normalized spacial score (nSPS) is 12.5. The molecule has 0 aliphatic heterocycles. The zero-order valence-electron chi connectivity index (χ0n) is 10.3. The van der Waals surface area contributed by atoms with Crippen LogP contribution in [0.15, 0.2) is 18.2 Å². The van der Waals surface area contributed by atoms with E-state index in [1.165, 1.54) is 18.2 Å². The summed E-state index contributed by atoms with van der Waals surface area (Å²) in [6.07, 6.45) is 0.900. The first-order chi connectivity index (χ1) is 7.90. The van der Waals surface area contributed by atoms with Crippen molar-refractivity contribution in [3.63, 3.8) is 0 Å². The summed E-state index contributed by atoms with van der Waals surface area (Å²) in [4.78, 5) is 10.8. The highest BCUT2D eigenvalue weighted by Gasteiger charge is 2.11. The van der Waals surface area contributed by atoms with E-state index in [2.05, 4.69) is 19.2 Å². The van der Waals surface area contributed by atoms with Crippen molar-refractivity contribution in [2.75, 3.05) is 5.32 Å². The summed E-state index contributed by atoms with van der Waals surface area (Å²) in [5.41, 5.74) is 0.337. The zero-order valence-corrected chi connectivity index (χ0v) is 10.3. The van der Waals surface area contributed by atoms with Crippen molar-refractivity contribution in [3.05, 3.63) is 29.6 Å². The van der Waals surface area contributed by atoms with Crippen LogP contribution in [-0.4, -0.2) is 17.1 Å². The maximum absolute atomic E-state index is 13.5. The Hall–Kier alpha value is -1.58. The Morgan fingerprint density at radius 1 is 1.41 bits per heavy atom. The van der Waals surface area contributed by atoms with E-state index in [9.17, 15) is 9.18 Å². The number of carbonyl (C=O) groups is 1. The lowest BCUT2D eigenvalue weighted by Gasteiger charge is -2.17. The van der Waals surface area contributed by atoms with Gasteiger partial charge in [-0.15, -0.1) is 0 Å². The van der Waals surface area contributed by atoms with E-state index in [0.29, 0.717) is 5.92 Å². The molecule has 1 aromatic rings. The SMILES string of the molecule is CC(C)CC(C)Nc1cc(C(=O)O)ccc1F. The minimum Gasteiger partial charge on any atom is -0.478 e. The van der Waals surface area contributed by atoms with E-state index < -0.39 is 11.8 Å². The Balaban J connectivity index is 2.82. The van der Waals surface area contributed by atoms with Crippen molar-refractivity contribution >= 4 is 11.7 Å². The number of anilines is 1. The minimum atomic E-state index is -1.05. The van der Waals surface area contributed by atoms with Gasteiger partial charge in [0, 0.05) is 6.04 Å². The van der Waals surface area contributed by atoms with E-state index >= 15 is 0 Å². The summed E-state index contributed by atoms with van der Waals surface area (Å²) in [6.45, 7) is 6.12. The van der Waals surface area contributed by atoms with Gasteiger partial charge in [-0.1, -0.05) is 13.8 Å². The van der Waals surface area contributed by atoms with Crippen molar-refractivity contribution in [2.45, 2.75) is 33.2 Å². The summed E-state index contributed by atoms with van der Waals surface area (Å²) in [5, 5.41) is 11.8. The summed E-state index contributed by atoms with van der Waals surface area (Å²) in [6, 6.07) is 3.87. The third-order valence-electron chi connectivity index (χ3n) is 2.44. The van der Waals surface area contributed by atoms with E-state index in [-0.39, 0.29) is 17.3 Å². The van der Waals surface area contributed by atoms with E-state index in [1.54, 1.807) is 0 Å². The number of benzene rings is 1. The largest absolute Gasteiger partial charge is 0.478 e. The first kappa shape index (κ1) is 13.5. The molecule has 94 valence electrons. The Labute approximate surface area is 101 Å². The third-order valence-corrected chi connectivity index (χ3v) is 2.44. The van der Waals surface area contributed by atoms with Crippen LogP contribution in [0.1, 0.15) is 37.6 Å². The summed E-state index contributed by atoms with van der Waals surface area (Å²) < 4.78 is 13.5. The molecule has 0 heterocycles. The van der Waals surface area contributed by atoms with Gasteiger partial charge < -0.3 is 10.4 Å². The Kier molecular flexibility index (Phi) is 4.49. The van der Waals surface area contributed by atoms with Gasteiger partial charge in [0.2, 0.25) is 0 Å². The summed E-state index contributed by atoms with van der Waals surface area (Å²) in [5.74, 6) is -0.974. The molecule has 0 amide bonds. The fourth-order valence-corrected chi connectivity index (χ4v) is 1.80. The van der Waals surface area contributed by atoms with Crippen molar-refractivity contribution in [1.29, 1.82) is 0 Å². The van der Waals surface area contributed by atoms with Gasteiger partial charge in [-0.3, -0.25) is 0 Å². The van der Waals surface area contributed by atoms with Crippen molar-refractivity contribution < 1.29 is 14.3 Å². The molecule has 0 radical (unpaired) electrons. The Bertz CT molecular complexity index is 404. The van der Waals surface area contributed by atoms with Crippen LogP contribution < -0.4 is 5.32 Å². The molecule has 1 rings (SSSR count). The maximum Gasteiger partial charge on any atom is 0.335 e. The fourth-order valence-electron chi connectivity index (χ4n) is 1.80. The molecule has 0 aliphatic carbocycles. The zero-order chi connectivity index (χ0) is 13.0. The lowest BCUT2D eigenvalue weighted by atomic mass is 10.0. The first-order valence-corrected chi connectivity index (χ1v) is 5.69. The number of carboxylic acids is 1. The van der Waals surface area contributed by atoms with Crippen LogP contribution in [0.2, 0.25) is 0 Å². The average Bonchev–Trinajstić information content (AvgIpc) is 2.19. The molecule has 4 heteroatoms. The van der Waals surface area contributed by atoms with E-state index in [0.717, 1.165) is 6.42 Å².